The van der Waals surface area contributed by atoms with E-state index in [1.807, 2.05) is 61.5 Å². The van der Waals surface area contributed by atoms with Crippen molar-refractivity contribution in [2.75, 3.05) is 6.61 Å². The largest absolute Gasteiger partial charge is 0.488 e. The summed E-state index contributed by atoms with van der Waals surface area (Å²) in [5.41, 5.74) is 3.41. The molecule has 0 aromatic heterocycles. The van der Waals surface area contributed by atoms with E-state index in [4.69, 9.17) is 9.47 Å². The molecule has 0 aliphatic rings. The lowest BCUT2D eigenvalue weighted by atomic mass is 10.1. The quantitative estimate of drug-likeness (QED) is 0.591. The summed E-state index contributed by atoms with van der Waals surface area (Å²) in [5.74, 6) is -0.540. The van der Waals surface area contributed by atoms with Gasteiger partial charge in [-0.15, -0.1) is 0 Å². The molecule has 3 rings (SSSR count). The van der Waals surface area contributed by atoms with E-state index in [1.54, 1.807) is 24.3 Å². The maximum absolute atomic E-state index is 12.4. The monoisotopic (exact) mass is 389 g/mol. The highest BCUT2D eigenvalue weighted by Crippen LogP contribution is 2.20. The molecule has 0 aliphatic heterocycles. The standard InChI is InChI=1S/C24H23NO4/c1-18-11-13-19(14-12-18)15-25-23(26)17-29-24(27)21-9-5-6-10-22(21)28-16-20-7-3-2-4-8-20/h2-14H,15-17H2,1H3,(H,25,26). The first kappa shape index (κ1) is 20.1. The van der Waals surface area contributed by atoms with Crippen LogP contribution in [0, 0.1) is 6.92 Å². The number of carbonyl (C=O) groups is 2. The number of nitrogens with one attached hydrogen (secondary N) is 1. The zero-order valence-electron chi connectivity index (χ0n) is 16.3. The van der Waals surface area contributed by atoms with Crippen LogP contribution < -0.4 is 10.1 Å². The van der Waals surface area contributed by atoms with Gasteiger partial charge in [-0.3, -0.25) is 4.79 Å². The van der Waals surface area contributed by atoms with E-state index in [0.717, 1.165) is 16.7 Å². The third-order valence-corrected chi connectivity index (χ3v) is 4.29. The Morgan fingerprint density at radius 3 is 2.28 bits per heavy atom. The van der Waals surface area contributed by atoms with Gasteiger partial charge in [-0.2, -0.15) is 0 Å². The van der Waals surface area contributed by atoms with Gasteiger partial charge in [0.05, 0.1) is 0 Å². The third-order valence-electron chi connectivity index (χ3n) is 4.29. The lowest BCUT2D eigenvalue weighted by Crippen LogP contribution is -2.28. The highest BCUT2D eigenvalue weighted by atomic mass is 16.5. The fourth-order valence-corrected chi connectivity index (χ4v) is 2.66. The minimum Gasteiger partial charge on any atom is -0.488 e. The molecule has 0 unspecified atom stereocenters. The molecule has 0 fully saturated rings. The van der Waals surface area contributed by atoms with Gasteiger partial charge in [-0.1, -0.05) is 72.3 Å². The Kier molecular flexibility index (Phi) is 7.00. The lowest BCUT2D eigenvalue weighted by molar-refractivity contribution is -0.124. The van der Waals surface area contributed by atoms with E-state index in [2.05, 4.69) is 5.32 Å². The van der Waals surface area contributed by atoms with Crippen LogP contribution in [0.1, 0.15) is 27.0 Å². The fourth-order valence-electron chi connectivity index (χ4n) is 2.66. The minimum absolute atomic E-state index is 0.287. The molecule has 0 bridgehead atoms. The van der Waals surface area contributed by atoms with Gasteiger partial charge in [0.25, 0.3) is 5.91 Å². The van der Waals surface area contributed by atoms with Crippen LogP contribution in [0.15, 0.2) is 78.9 Å². The van der Waals surface area contributed by atoms with Crippen molar-refractivity contribution in [2.24, 2.45) is 0 Å². The van der Waals surface area contributed by atoms with Gasteiger partial charge in [0.1, 0.15) is 17.9 Å². The number of aryl methyl sites for hydroxylation is 1. The number of esters is 1. The van der Waals surface area contributed by atoms with E-state index in [-0.39, 0.29) is 18.1 Å². The second-order valence-corrected chi connectivity index (χ2v) is 6.61. The summed E-state index contributed by atoms with van der Waals surface area (Å²) in [4.78, 5) is 24.4. The van der Waals surface area contributed by atoms with Gasteiger partial charge in [0, 0.05) is 6.54 Å². The first-order chi connectivity index (χ1) is 14.1. The van der Waals surface area contributed by atoms with Crippen molar-refractivity contribution in [2.45, 2.75) is 20.1 Å². The first-order valence-electron chi connectivity index (χ1n) is 9.37. The van der Waals surface area contributed by atoms with Crippen molar-refractivity contribution in [3.05, 3.63) is 101 Å². The highest BCUT2D eigenvalue weighted by molar-refractivity contribution is 5.94. The Hall–Kier alpha value is -3.60. The minimum atomic E-state index is -0.598. The van der Waals surface area contributed by atoms with Crippen LogP contribution >= 0.6 is 0 Å². The van der Waals surface area contributed by atoms with E-state index in [9.17, 15) is 9.59 Å². The molecule has 0 atom stereocenters. The van der Waals surface area contributed by atoms with Crippen LogP contribution in [-0.4, -0.2) is 18.5 Å². The van der Waals surface area contributed by atoms with Gasteiger partial charge in [-0.05, 0) is 30.2 Å². The fraction of sp³-hybridized carbons (Fsp3) is 0.167. The first-order valence-corrected chi connectivity index (χ1v) is 9.37. The van der Waals surface area contributed by atoms with Crippen LogP contribution in [0.3, 0.4) is 0 Å². The predicted molar refractivity (Wildman–Crippen MR) is 111 cm³/mol. The van der Waals surface area contributed by atoms with Gasteiger partial charge in [0.2, 0.25) is 0 Å². The molecular formula is C24H23NO4. The number of para-hydroxylation sites is 1. The van der Waals surface area contributed by atoms with Crippen LogP contribution in [-0.2, 0) is 22.7 Å². The van der Waals surface area contributed by atoms with E-state index < -0.39 is 5.97 Å². The van der Waals surface area contributed by atoms with Crippen LogP contribution in [0.2, 0.25) is 0 Å². The molecule has 5 heteroatoms. The summed E-state index contributed by atoms with van der Waals surface area (Å²) in [6.07, 6.45) is 0. The van der Waals surface area contributed by atoms with Crippen LogP contribution in [0.5, 0.6) is 5.75 Å². The van der Waals surface area contributed by atoms with Crippen molar-refractivity contribution in [3.63, 3.8) is 0 Å². The van der Waals surface area contributed by atoms with E-state index in [1.165, 1.54) is 0 Å². The molecule has 0 saturated heterocycles. The van der Waals surface area contributed by atoms with E-state index in [0.29, 0.717) is 18.9 Å². The molecule has 3 aromatic rings. The maximum atomic E-state index is 12.4. The Balaban J connectivity index is 1.51. The van der Waals surface area contributed by atoms with Crippen molar-refractivity contribution in [1.82, 2.24) is 5.32 Å². The number of benzene rings is 3. The number of hydrogen-bond donors (Lipinski definition) is 1. The van der Waals surface area contributed by atoms with Crippen molar-refractivity contribution < 1.29 is 19.1 Å². The molecule has 0 saturated carbocycles. The number of hydrogen-bond acceptors (Lipinski definition) is 4. The molecule has 1 amide bonds. The number of rotatable bonds is 8. The Morgan fingerprint density at radius 1 is 0.828 bits per heavy atom. The average Bonchev–Trinajstić information content (AvgIpc) is 2.76. The summed E-state index contributed by atoms with van der Waals surface area (Å²) in [5, 5.41) is 2.74. The van der Waals surface area contributed by atoms with Crippen molar-refractivity contribution in [3.8, 4) is 5.75 Å². The van der Waals surface area contributed by atoms with Crippen LogP contribution in [0.25, 0.3) is 0 Å². The van der Waals surface area contributed by atoms with Gasteiger partial charge in [-0.25, -0.2) is 4.79 Å². The Bertz CT molecular complexity index is 952. The molecule has 0 spiro atoms. The molecule has 5 nitrogen and oxygen atoms in total. The third kappa shape index (κ3) is 6.21. The van der Waals surface area contributed by atoms with Crippen molar-refractivity contribution >= 4 is 11.9 Å². The smallest absolute Gasteiger partial charge is 0.342 e. The molecular weight excluding hydrogens is 366 g/mol. The molecule has 0 heterocycles. The summed E-state index contributed by atoms with van der Waals surface area (Å²) in [6.45, 7) is 2.37. The molecule has 29 heavy (non-hydrogen) atoms. The number of carbonyl (C=O) groups excluding carboxylic acids is 2. The normalized spacial score (nSPS) is 10.2. The van der Waals surface area contributed by atoms with E-state index >= 15 is 0 Å². The highest BCUT2D eigenvalue weighted by Gasteiger charge is 2.15. The number of ether oxygens (including phenoxy) is 2. The molecule has 148 valence electrons. The molecule has 1 N–H and O–H groups in total. The average molecular weight is 389 g/mol. The summed E-state index contributed by atoms with van der Waals surface area (Å²) in [7, 11) is 0. The zero-order chi connectivity index (χ0) is 20.5. The summed E-state index contributed by atoms with van der Waals surface area (Å²) < 4.78 is 10.9. The van der Waals surface area contributed by atoms with Gasteiger partial charge < -0.3 is 14.8 Å². The second kappa shape index (κ2) is 10.1. The zero-order valence-corrected chi connectivity index (χ0v) is 16.3. The topological polar surface area (TPSA) is 64.6 Å². The predicted octanol–water partition coefficient (Wildman–Crippen LogP) is 4.05. The van der Waals surface area contributed by atoms with Gasteiger partial charge in [0.15, 0.2) is 6.61 Å². The molecule has 0 radical (unpaired) electrons. The molecule has 0 aliphatic carbocycles. The van der Waals surface area contributed by atoms with Crippen LogP contribution in [0.4, 0.5) is 0 Å². The SMILES string of the molecule is Cc1ccc(CNC(=O)COC(=O)c2ccccc2OCc2ccccc2)cc1. The van der Waals surface area contributed by atoms with Crippen molar-refractivity contribution in [1.29, 1.82) is 0 Å². The summed E-state index contributed by atoms with van der Waals surface area (Å²) in [6, 6.07) is 24.4. The van der Waals surface area contributed by atoms with Gasteiger partial charge >= 0.3 is 5.97 Å². The maximum Gasteiger partial charge on any atom is 0.342 e. The summed E-state index contributed by atoms with van der Waals surface area (Å²) >= 11 is 0. The Labute approximate surface area is 170 Å². The molecule has 3 aromatic carbocycles. The lowest BCUT2D eigenvalue weighted by Gasteiger charge is -2.11. The number of amides is 1. The second-order valence-electron chi connectivity index (χ2n) is 6.61. The Morgan fingerprint density at radius 2 is 1.52 bits per heavy atom.